The lowest BCUT2D eigenvalue weighted by Gasteiger charge is -2.22. The van der Waals surface area contributed by atoms with E-state index >= 15 is 0 Å². The number of nitrogens with one attached hydrogen (secondary N) is 2. The summed E-state index contributed by atoms with van der Waals surface area (Å²) in [5.41, 5.74) is -0.471. The lowest BCUT2D eigenvalue weighted by Crippen LogP contribution is -2.43. The van der Waals surface area contributed by atoms with Crippen molar-refractivity contribution in [3.05, 3.63) is 0 Å². The summed E-state index contributed by atoms with van der Waals surface area (Å²) in [6.07, 6.45) is 1.24. The lowest BCUT2D eigenvalue weighted by molar-refractivity contribution is -0.127. The molecule has 1 rings (SSSR count). The van der Waals surface area contributed by atoms with Gasteiger partial charge < -0.3 is 20.3 Å². The molecule has 0 bridgehead atoms. The van der Waals surface area contributed by atoms with Gasteiger partial charge in [-0.1, -0.05) is 0 Å². The van der Waals surface area contributed by atoms with Gasteiger partial charge in [0.1, 0.15) is 5.60 Å². The fourth-order valence-electron chi connectivity index (χ4n) is 2.09. The highest BCUT2D eigenvalue weighted by Crippen LogP contribution is 2.09. The summed E-state index contributed by atoms with van der Waals surface area (Å²) >= 11 is 0. The second-order valence-corrected chi connectivity index (χ2v) is 6.23. The Hall–Kier alpha value is -1.30. The van der Waals surface area contributed by atoms with Crippen LogP contribution in [-0.4, -0.2) is 54.7 Å². The van der Waals surface area contributed by atoms with Crippen molar-refractivity contribution >= 4 is 12.0 Å². The van der Waals surface area contributed by atoms with Gasteiger partial charge in [-0.05, 0) is 34.1 Å². The summed E-state index contributed by atoms with van der Waals surface area (Å²) in [5.74, 6) is 0.241. The van der Waals surface area contributed by atoms with E-state index in [0.717, 1.165) is 19.5 Å². The van der Waals surface area contributed by atoms with Gasteiger partial charge in [-0.2, -0.15) is 0 Å². The van der Waals surface area contributed by atoms with Gasteiger partial charge >= 0.3 is 6.09 Å². The Bertz CT molecular complexity index is 339. The highest BCUT2D eigenvalue weighted by atomic mass is 16.6. The first-order chi connectivity index (χ1) is 9.28. The van der Waals surface area contributed by atoms with Crippen molar-refractivity contribution in [2.75, 3.05) is 26.2 Å². The minimum atomic E-state index is -0.471. The summed E-state index contributed by atoms with van der Waals surface area (Å²) in [4.78, 5) is 24.8. The molecule has 1 fully saturated rings. The molecule has 2 N–H and O–H groups in total. The maximum Gasteiger partial charge on any atom is 0.407 e. The molecule has 0 radical (unpaired) electrons. The summed E-state index contributed by atoms with van der Waals surface area (Å²) in [5, 5.41) is 5.98. The molecule has 0 aromatic heterocycles. The van der Waals surface area contributed by atoms with E-state index in [0.29, 0.717) is 19.5 Å². The molecule has 0 aromatic carbocycles. The fourth-order valence-corrected chi connectivity index (χ4v) is 2.09. The topological polar surface area (TPSA) is 70.7 Å². The third kappa shape index (κ3) is 6.75. The number of hydrogen-bond donors (Lipinski definition) is 2. The van der Waals surface area contributed by atoms with E-state index < -0.39 is 11.7 Å². The molecule has 0 aromatic rings. The number of ether oxygens (including phenoxy) is 1. The number of likely N-dealkylation sites (tertiary alicyclic amines) is 1. The zero-order valence-electron chi connectivity index (χ0n) is 13.0. The molecule has 6 nitrogen and oxygen atoms in total. The van der Waals surface area contributed by atoms with Crippen LogP contribution in [0, 0.1) is 0 Å². The molecule has 0 spiro atoms. The van der Waals surface area contributed by atoms with Crippen LogP contribution in [0.4, 0.5) is 4.79 Å². The third-order valence-corrected chi connectivity index (χ3v) is 2.95. The van der Waals surface area contributed by atoms with Crippen LogP contribution in [0.2, 0.25) is 0 Å². The molecule has 2 amide bonds. The van der Waals surface area contributed by atoms with Crippen LogP contribution in [0.15, 0.2) is 0 Å². The first-order valence-electron chi connectivity index (χ1n) is 7.26. The summed E-state index contributed by atoms with van der Waals surface area (Å²) in [6, 6.07) is 0.220. The molecule has 20 heavy (non-hydrogen) atoms. The fraction of sp³-hybridized carbons (Fsp3) is 0.857. The Morgan fingerprint density at radius 3 is 2.65 bits per heavy atom. The maximum atomic E-state index is 11.5. The average molecular weight is 285 g/mol. The van der Waals surface area contributed by atoms with E-state index in [9.17, 15) is 9.59 Å². The van der Waals surface area contributed by atoms with Gasteiger partial charge in [0.25, 0.3) is 0 Å². The van der Waals surface area contributed by atoms with Crippen LogP contribution in [0.3, 0.4) is 0 Å². The van der Waals surface area contributed by atoms with Crippen molar-refractivity contribution in [1.29, 1.82) is 0 Å². The van der Waals surface area contributed by atoms with Crippen molar-refractivity contribution in [1.82, 2.24) is 15.5 Å². The number of alkyl carbamates (subject to hydrolysis) is 1. The number of carbonyl (C=O) groups excluding carboxylic acids is 2. The Balaban J connectivity index is 2.08. The van der Waals surface area contributed by atoms with E-state index in [1.165, 1.54) is 0 Å². The molecule has 6 heteroatoms. The van der Waals surface area contributed by atoms with E-state index in [2.05, 4.69) is 10.6 Å². The Morgan fingerprint density at radius 2 is 2.10 bits per heavy atom. The van der Waals surface area contributed by atoms with Crippen LogP contribution >= 0.6 is 0 Å². The molecule has 1 atom stereocenters. The first kappa shape index (κ1) is 16.8. The van der Waals surface area contributed by atoms with Crippen molar-refractivity contribution in [2.24, 2.45) is 0 Å². The number of carbonyl (C=O) groups is 2. The Labute approximate surface area is 121 Å². The lowest BCUT2D eigenvalue weighted by atomic mass is 10.2. The van der Waals surface area contributed by atoms with Crippen molar-refractivity contribution in [3.8, 4) is 0 Å². The van der Waals surface area contributed by atoms with Crippen molar-refractivity contribution in [3.63, 3.8) is 0 Å². The second kappa shape index (κ2) is 7.47. The van der Waals surface area contributed by atoms with Crippen LogP contribution in [-0.2, 0) is 9.53 Å². The average Bonchev–Trinajstić information content (AvgIpc) is 2.68. The van der Waals surface area contributed by atoms with Crippen molar-refractivity contribution in [2.45, 2.75) is 52.2 Å². The predicted molar refractivity (Wildman–Crippen MR) is 77.5 cm³/mol. The molecular formula is C14H27N3O3. The van der Waals surface area contributed by atoms with E-state index in [4.69, 9.17) is 4.74 Å². The second-order valence-electron chi connectivity index (χ2n) is 6.23. The minimum Gasteiger partial charge on any atom is -0.444 e. The summed E-state index contributed by atoms with van der Waals surface area (Å²) in [7, 11) is 0. The smallest absolute Gasteiger partial charge is 0.407 e. The normalized spacial score (nSPS) is 17.2. The number of amides is 2. The standard InChI is InChI=1S/C14H27N3O3/c1-11(10-17-9-5-6-12(17)18)15-7-8-16-13(19)20-14(2,3)4/h11,15H,5-10H2,1-4H3,(H,16,19). The van der Waals surface area contributed by atoms with E-state index in [1.54, 1.807) is 0 Å². The predicted octanol–water partition coefficient (Wildman–Crippen LogP) is 1.11. The van der Waals surface area contributed by atoms with Gasteiger partial charge in [0.2, 0.25) is 5.91 Å². The van der Waals surface area contributed by atoms with Gasteiger partial charge in [0.05, 0.1) is 0 Å². The largest absolute Gasteiger partial charge is 0.444 e. The molecule has 1 unspecified atom stereocenters. The van der Waals surface area contributed by atoms with Gasteiger partial charge in [-0.25, -0.2) is 4.79 Å². The highest BCUT2D eigenvalue weighted by Gasteiger charge is 2.21. The van der Waals surface area contributed by atoms with Crippen LogP contribution in [0.5, 0.6) is 0 Å². The van der Waals surface area contributed by atoms with Gasteiger partial charge in [0.15, 0.2) is 0 Å². The SMILES string of the molecule is CC(CN1CCCC1=O)NCCNC(=O)OC(C)(C)C. The third-order valence-electron chi connectivity index (χ3n) is 2.95. The van der Waals surface area contributed by atoms with Gasteiger partial charge in [-0.3, -0.25) is 4.79 Å². The Kier molecular flexibility index (Phi) is 6.26. The van der Waals surface area contributed by atoms with Crippen LogP contribution in [0.1, 0.15) is 40.5 Å². The number of rotatable bonds is 6. The van der Waals surface area contributed by atoms with Crippen LogP contribution in [0.25, 0.3) is 0 Å². The number of hydrogen-bond acceptors (Lipinski definition) is 4. The molecule has 1 saturated heterocycles. The number of nitrogens with zero attached hydrogens (tertiary/aromatic N) is 1. The highest BCUT2D eigenvalue weighted by molar-refractivity contribution is 5.78. The van der Waals surface area contributed by atoms with Gasteiger partial charge in [-0.15, -0.1) is 0 Å². The molecule has 0 saturated carbocycles. The molecule has 116 valence electrons. The molecule has 1 heterocycles. The first-order valence-corrected chi connectivity index (χ1v) is 7.26. The Morgan fingerprint density at radius 1 is 1.40 bits per heavy atom. The van der Waals surface area contributed by atoms with Crippen molar-refractivity contribution < 1.29 is 14.3 Å². The van der Waals surface area contributed by atoms with E-state index in [1.807, 2.05) is 32.6 Å². The summed E-state index contributed by atoms with van der Waals surface area (Å²) < 4.78 is 5.14. The summed E-state index contributed by atoms with van der Waals surface area (Å²) in [6.45, 7) is 10.3. The molecular weight excluding hydrogens is 258 g/mol. The molecule has 1 aliphatic heterocycles. The zero-order valence-corrected chi connectivity index (χ0v) is 13.0. The minimum absolute atomic E-state index is 0.220. The monoisotopic (exact) mass is 285 g/mol. The zero-order chi connectivity index (χ0) is 15.2. The van der Waals surface area contributed by atoms with E-state index in [-0.39, 0.29) is 11.9 Å². The molecule has 0 aliphatic carbocycles. The quantitative estimate of drug-likeness (QED) is 0.717. The molecule has 1 aliphatic rings. The van der Waals surface area contributed by atoms with Gasteiger partial charge in [0, 0.05) is 38.6 Å². The van der Waals surface area contributed by atoms with Crippen LogP contribution < -0.4 is 10.6 Å². The maximum absolute atomic E-state index is 11.5.